The van der Waals surface area contributed by atoms with Crippen LogP contribution in [0.2, 0.25) is 0 Å². The number of aliphatic hydroxyl groups excluding tert-OH is 1. The van der Waals surface area contributed by atoms with Crippen molar-refractivity contribution in [3.05, 3.63) is 60.8 Å². The van der Waals surface area contributed by atoms with Gasteiger partial charge in [0.05, 0.1) is 39.9 Å². The van der Waals surface area contributed by atoms with Gasteiger partial charge in [-0.3, -0.25) is 13.8 Å². The Labute approximate surface area is 281 Å². The molecule has 9 heteroatoms. The molecule has 0 aliphatic carbocycles. The Bertz CT molecular complexity index is 939. The molecule has 0 fully saturated rings. The third kappa shape index (κ3) is 30.8. The number of phosphoric acid groups is 1. The second-order valence-electron chi connectivity index (χ2n) is 12.9. The lowest BCUT2D eigenvalue weighted by molar-refractivity contribution is -0.870. The van der Waals surface area contributed by atoms with Gasteiger partial charge < -0.3 is 19.8 Å². The maximum atomic E-state index is 12.6. The number of carbonyl (C=O) groups excluding carboxylic acids is 1. The molecule has 3 N–H and O–H groups in total. The van der Waals surface area contributed by atoms with Crippen LogP contribution in [0, 0.1) is 0 Å². The highest BCUT2D eigenvalue weighted by Gasteiger charge is 2.27. The smallest absolute Gasteiger partial charge is 0.387 e. The molecule has 3 unspecified atom stereocenters. The summed E-state index contributed by atoms with van der Waals surface area (Å²) in [6.45, 7) is 4.44. The number of carbonyl (C=O) groups is 1. The summed E-state index contributed by atoms with van der Waals surface area (Å²) in [7, 11) is 1.54. The lowest BCUT2D eigenvalue weighted by Crippen LogP contribution is -2.45. The summed E-state index contributed by atoms with van der Waals surface area (Å²) >= 11 is 0. The number of rotatable bonds is 30. The van der Waals surface area contributed by atoms with E-state index in [1.54, 1.807) is 6.08 Å². The minimum absolute atomic E-state index is 0.0549. The zero-order valence-corrected chi connectivity index (χ0v) is 30.7. The largest absolute Gasteiger partial charge is 0.472 e. The Balaban J connectivity index is 4.13. The SMILES string of the molecule is CC/C=C\C/C=C\C/C=C\C/C=C\CCCCCCCCCCC(=O)NC(COP(=O)(O)OCC[N+](C)(C)C)C(O)/C=C/CCC. The van der Waals surface area contributed by atoms with Crippen molar-refractivity contribution in [3.63, 3.8) is 0 Å². The molecule has 46 heavy (non-hydrogen) atoms. The number of likely N-dealkylation sites (N-methyl/N-ethyl adjacent to an activating group) is 1. The molecule has 0 bridgehead atoms. The molecule has 0 saturated heterocycles. The van der Waals surface area contributed by atoms with E-state index in [1.807, 2.05) is 34.1 Å². The molecule has 0 aromatic heterocycles. The van der Waals surface area contributed by atoms with Gasteiger partial charge in [-0.05, 0) is 51.4 Å². The topological polar surface area (TPSA) is 105 Å². The van der Waals surface area contributed by atoms with Crippen molar-refractivity contribution < 1.29 is 32.9 Å². The Morgan fingerprint density at radius 1 is 0.761 bits per heavy atom. The van der Waals surface area contributed by atoms with E-state index < -0.39 is 20.0 Å². The first-order valence-electron chi connectivity index (χ1n) is 17.7. The van der Waals surface area contributed by atoms with Crippen molar-refractivity contribution >= 4 is 13.7 Å². The van der Waals surface area contributed by atoms with E-state index in [0.29, 0.717) is 17.4 Å². The molecule has 1 amide bonds. The number of nitrogens with one attached hydrogen (secondary N) is 1. The number of unbranched alkanes of at least 4 members (excludes halogenated alkanes) is 9. The quantitative estimate of drug-likeness (QED) is 0.0306. The summed E-state index contributed by atoms with van der Waals surface area (Å²) in [5.74, 6) is -0.203. The van der Waals surface area contributed by atoms with Gasteiger partial charge >= 0.3 is 7.82 Å². The van der Waals surface area contributed by atoms with E-state index in [4.69, 9.17) is 9.05 Å². The average Bonchev–Trinajstić information content (AvgIpc) is 2.99. The van der Waals surface area contributed by atoms with Crippen molar-refractivity contribution in [1.29, 1.82) is 0 Å². The third-order valence-electron chi connectivity index (χ3n) is 7.22. The van der Waals surface area contributed by atoms with Crippen molar-refractivity contribution in [1.82, 2.24) is 5.32 Å². The van der Waals surface area contributed by atoms with Crippen LogP contribution >= 0.6 is 7.82 Å². The number of hydrogen-bond donors (Lipinski definition) is 3. The number of nitrogens with zero attached hydrogens (tertiary/aromatic N) is 1. The molecule has 0 aromatic carbocycles. The highest BCUT2D eigenvalue weighted by atomic mass is 31.2. The van der Waals surface area contributed by atoms with E-state index >= 15 is 0 Å². The standard InChI is InChI=1S/C37H67N2O6P/c1-6-8-10-11-12-13-14-15-16-17-18-19-20-21-22-23-24-25-26-27-29-31-37(41)38-35(36(40)30-28-9-7-2)34-45-46(42,43)44-33-32-39(3,4)5/h8,10,12-13,15-16,18-19,28,30,35-36,40H,6-7,9,11,14,17,20-27,29,31-34H2,1-5H3,(H-,38,41,42,43)/p+1/b10-8-,13-12-,16-15-,19-18-,30-28+. The molecule has 0 spiro atoms. The zero-order chi connectivity index (χ0) is 34.4. The molecular weight excluding hydrogens is 599 g/mol. The molecule has 3 atom stereocenters. The maximum Gasteiger partial charge on any atom is 0.472 e. The number of quaternary nitrogens is 1. The Kier molecular flexibility index (Phi) is 28.2. The second-order valence-corrected chi connectivity index (χ2v) is 14.3. The van der Waals surface area contributed by atoms with E-state index in [9.17, 15) is 19.4 Å². The fourth-order valence-electron chi connectivity index (χ4n) is 4.39. The number of hydrogen-bond acceptors (Lipinski definition) is 5. The number of allylic oxidation sites excluding steroid dienone is 9. The van der Waals surface area contributed by atoms with E-state index in [2.05, 4.69) is 60.8 Å². The first-order chi connectivity index (χ1) is 22.0. The second kappa shape index (κ2) is 29.3. The highest BCUT2D eigenvalue weighted by molar-refractivity contribution is 7.47. The fraction of sp³-hybridized carbons (Fsp3) is 0.703. The van der Waals surface area contributed by atoms with Crippen LogP contribution in [0.15, 0.2) is 60.8 Å². The Hall–Kier alpha value is -1.80. The van der Waals surface area contributed by atoms with Crippen LogP contribution in [0.5, 0.6) is 0 Å². The molecule has 0 saturated carbocycles. The van der Waals surface area contributed by atoms with Gasteiger partial charge in [-0.25, -0.2) is 4.57 Å². The fourth-order valence-corrected chi connectivity index (χ4v) is 5.12. The lowest BCUT2D eigenvalue weighted by Gasteiger charge is -2.25. The van der Waals surface area contributed by atoms with Gasteiger partial charge in [0.15, 0.2) is 0 Å². The molecule has 0 radical (unpaired) electrons. The van der Waals surface area contributed by atoms with Gasteiger partial charge in [-0.1, -0.05) is 120 Å². The van der Waals surface area contributed by atoms with Gasteiger partial charge in [0.2, 0.25) is 5.91 Å². The summed E-state index contributed by atoms with van der Waals surface area (Å²) in [4.78, 5) is 22.7. The van der Waals surface area contributed by atoms with Gasteiger partial charge in [-0.15, -0.1) is 0 Å². The van der Waals surface area contributed by atoms with Crippen molar-refractivity contribution in [2.75, 3.05) is 40.9 Å². The van der Waals surface area contributed by atoms with Gasteiger partial charge in [0.1, 0.15) is 13.2 Å². The predicted octanol–water partition coefficient (Wildman–Crippen LogP) is 8.73. The summed E-state index contributed by atoms with van der Waals surface area (Å²) in [6.07, 6.45) is 36.5. The molecule has 8 nitrogen and oxygen atoms in total. The van der Waals surface area contributed by atoms with Crippen LogP contribution in [0.25, 0.3) is 0 Å². The van der Waals surface area contributed by atoms with Crippen LogP contribution in [-0.2, 0) is 18.4 Å². The van der Waals surface area contributed by atoms with Crippen molar-refractivity contribution in [2.45, 2.75) is 129 Å². The van der Waals surface area contributed by atoms with Crippen LogP contribution in [-0.4, -0.2) is 73.4 Å². The van der Waals surface area contributed by atoms with Gasteiger partial charge in [0.25, 0.3) is 0 Å². The summed E-state index contributed by atoms with van der Waals surface area (Å²) < 4.78 is 23.1. The van der Waals surface area contributed by atoms with Gasteiger partial charge in [0, 0.05) is 6.42 Å². The summed E-state index contributed by atoms with van der Waals surface area (Å²) in [6, 6.07) is -0.847. The lowest BCUT2D eigenvalue weighted by atomic mass is 10.1. The predicted molar refractivity (Wildman–Crippen MR) is 193 cm³/mol. The molecular formula is C37H68N2O6P+. The Morgan fingerprint density at radius 2 is 1.30 bits per heavy atom. The van der Waals surface area contributed by atoms with Crippen LogP contribution < -0.4 is 5.32 Å². The normalized spacial score (nSPS) is 15.5. The minimum Gasteiger partial charge on any atom is -0.387 e. The maximum absolute atomic E-state index is 12.6. The molecule has 0 aromatic rings. The van der Waals surface area contributed by atoms with E-state index in [0.717, 1.165) is 64.2 Å². The van der Waals surface area contributed by atoms with Crippen LogP contribution in [0.1, 0.15) is 117 Å². The summed E-state index contributed by atoms with van der Waals surface area (Å²) in [5, 5.41) is 13.4. The molecule has 266 valence electrons. The summed E-state index contributed by atoms with van der Waals surface area (Å²) in [5.41, 5.74) is 0. The number of phosphoric ester groups is 1. The van der Waals surface area contributed by atoms with Gasteiger partial charge in [-0.2, -0.15) is 0 Å². The Morgan fingerprint density at radius 3 is 1.87 bits per heavy atom. The van der Waals surface area contributed by atoms with Crippen molar-refractivity contribution in [2.24, 2.45) is 0 Å². The molecule has 0 aliphatic rings. The average molecular weight is 668 g/mol. The van der Waals surface area contributed by atoms with Crippen LogP contribution in [0.4, 0.5) is 0 Å². The number of aliphatic hydroxyl groups is 1. The minimum atomic E-state index is -4.31. The van der Waals surface area contributed by atoms with E-state index in [1.165, 1.54) is 32.1 Å². The molecule has 0 aliphatic heterocycles. The number of amides is 1. The molecule has 0 heterocycles. The highest BCUT2D eigenvalue weighted by Crippen LogP contribution is 2.43. The zero-order valence-electron chi connectivity index (χ0n) is 29.8. The molecule has 0 rings (SSSR count). The third-order valence-corrected chi connectivity index (χ3v) is 8.21. The monoisotopic (exact) mass is 667 g/mol. The van der Waals surface area contributed by atoms with Crippen molar-refractivity contribution in [3.8, 4) is 0 Å². The first-order valence-corrected chi connectivity index (χ1v) is 19.2. The van der Waals surface area contributed by atoms with Crippen LogP contribution in [0.3, 0.4) is 0 Å². The van der Waals surface area contributed by atoms with E-state index in [-0.39, 0.29) is 19.1 Å². The first kappa shape index (κ1) is 44.2.